The van der Waals surface area contributed by atoms with Crippen molar-refractivity contribution < 1.29 is 9.90 Å². The molecule has 25 heavy (non-hydrogen) atoms. The Balaban J connectivity index is 1.46. The number of amides is 1. The number of aryl methyl sites for hydroxylation is 1. The highest BCUT2D eigenvalue weighted by Crippen LogP contribution is 2.46. The summed E-state index contributed by atoms with van der Waals surface area (Å²) in [6.45, 7) is 3.82. The van der Waals surface area contributed by atoms with Gasteiger partial charge in [-0.25, -0.2) is 4.98 Å². The molecule has 1 N–H and O–H groups in total. The smallest absolute Gasteiger partial charge is 0.242 e. The lowest BCUT2D eigenvalue weighted by molar-refractivity contribution is -0.134. The first-order valence-electron chi connectivity index (χ1n) is 9.18. The minimum Gasteiger partial charge on any atom is -0.392 e. The molecular formula is C20H25N3O2. The number of aliphatic hydroxyl groups is 1. The molecule has 132 valence electrons. The van der Waals surface area contributed by atoms with Crippen LogP contribution in [0.4, 0.5) is 0 Å². The summed E-state index contributed by atoms with van der Waals surface area (Å²) in [4.78, 5) is 18.9. The van der Waals surface area contributed by atoms with Gasteiger partial charge in [0.2, 0.25) is 5.91 Å². The van der Waals surface area contributed by atoms with Crippen molar-refractivity contribution in [3.63, 3.8) is 0 Å². The molecule has 1 aliphatic heterocycles. The predicted octanol–water partition coefficient (Wildman–Crippen LogP) is 1.92. The van der Waals surface area contributed by atoms with Crippen LogP contribution in [0, 0.1) is 0 Å². The van der Waals surface area contributed by atoms with Crippen molar-refractivity contribution in [1.29, 1.82) is 0 Å². The zero-order chi connectivity index (χ0) is 17.4. The van der Waals surface area contributed by atoms with Crippen LogP contribution in [0.2, 0.25) is 0 Å². The second-order valence-corrected chi connectivity index (χ2v) is 7.24. The van der Waals surface area contributed by atoms with E-state index in [2.05, 4.69) is 23.2 Å². The van der Waals surface area contributed by atoms with Crippen LogP contribution in [0.3, 0.4) is 0 Å². The summed E-state index contributed by atoms with van der Waals surface area (Å²) in [5.74, 6) is 1.09. The molecule has 1 spiro atoms. The molecule has 1 atom stereocenters. The number of fused-ring (bicyclic) bond motifs is 2. The van der Waals surface area contributed by atoms with E-state index in [1.54, 1.807) is 6.20 Å². The average Bonchev–Trinajstić information content (AvgIpc) is 3.19. The molecule has 1 saturated heterocycles. The molecule has 2 aromatic rings. The summed E-state index contributed by atoms with van der Waals surface area (Å²) in [6.07, 6.45) is 6.53. The Morgan fingerprint density at radius 1 is 1.32 bits per heavy atom. The lowest BCUT2D eigenvalue weighted by atomic mass is 9.72. The normalized spacial score (nSPS) is 21.5. The minimum absolute atomic E-state index is 0.142. The van der Waals surface area contributed by atoms with Gasteiger partial charge in [-0.1, -0.05) is 31.2 Å². The van der Waals surface area contributed by atoms with Gasteiger partial charge in [-0.3, -0.25) is 4.79 Å². The quantitative estimate of drug-likeness (QED) is 0.929. The molecule has 0 bridgehead atoms. The van der Waals surface area contributed by atoms with E-state index in [0.29, 0.717) is 19.6 Å². The number of imidazole rings is 1. The summed E-state index contributed by atoms with van der Waals surface area (Å²) in [7, 11) is 0. The van der Waals surface area contributed by atoms with E-state index in [-0.39, 0.29) is 17.4 Å². The molecule has 1 unspecified atom stereocenters. The molecular weight excluding hydrogens is 314 g/mol. The van der Waals surface area contributed by atoms with E-state index < -0.39 is 0 Å². The highest BCUT2D eigenvalue weighted by molar-refractivity contribution is 5.76. The molecule has 2 heterocycles. The molecule has 1 aromatic carbocycles. The number of rotatable bonds is 3. The van der Waals surface area contributed by atoms with Crippen LogP contribution in [-0.2, 0) is 29.6 Å². The maximum atomic E-state index is 12.7. The van der Waals surface area contributed by atoms with Crippen molar-refractivity contribution in [3.8, 4) is 0 Å². The number of hydrogen-bond acceptors (Lipinski definition) is 3. The summed E-state index contributed by atoms with van der Waals surface area (Å²) >= 11 is 0. The Bertz CT molecular complexity index is 775. The monoisotopic (exact) mass is 339 g/mol. The number of benzene rings is 1. The van der Waals surface area contributed by atoms with Gasteiger partial charge < -0.3 is 14.6 Å². The van der Waals surface area contributed by atoms with E-state index >= 15 is 0 Å². The van der Waals surface area contributed by atoms with Crippen LogP contribution in [0.15, 0.2) is 36.7 Å². The summed E-state index contributed by atoms with van der Waals surface area (Å²) < 4.78 is 1.94. The number of likely N-dealkylation sites (tertiary alicyclic amines) is 1. The molecule has 1 amide bonds. The van der Waals surface area contributed by atoms with Gasteiger partial charge in [0.15, 0.2) is 0 Å². The molecule has 1 aliphatic carbocycles. The fourth-order valence-corrected chi connectivity index (χ4v) is 4.57. The Kier molecular flexibility index (Phi) is 4.12. The average molecular weight is 339 g/mol. The van der Waals surface area contributed by atoms with Crippen LogP contribution in [-0.4, -0.2) is 44.7 Å². The van der Waals surface area contributed by atoms with E-state index in [9.17, 15) is 9.90 Å². The first-order chi connectivity index (χ1) is 12.1. The van der Waals surface area contributed by atoms with Crippen molar-refractivity contribution in [2.24, 2.45) is 0 Å². The van der Waals surface area contributed by atoms with Gasteiger partial charge in [-0.15, -0.1) is 0 Å². The van der Waals surface area contributed by atoms with Crippen molar-refractivity contribution in [1.82, 2.24) is 14.5 Å². The third-order valence-electron chi connectivity index (χ3n) is 6.04. The van der Waals surface area contributed by atoms with Crippen LogP contribution in [0.25, 0.3) is 0 Å². The fraction of sp³-hybridized carbons (Fsp3) is 0.500. The van der Waals surface area contributed by atoms with Crippen LogP contribution < -0.4 is 0 Å². The number of carbonyl (C=O) groups excluding carboxylic acids is 1. The maximum absolute atomic E-state index is 12.7. The fourth-order valence-electron chi connectivity index (χ4n) is 4.57. The third kappa shape index (κ3) is 2.67. The Hall–Kier alpha value is -2.14. The van der Waals surface area contributed by atoms with E-state index in [1.165, 1.54) is 11.1 Å². The van der Waals surface area contributed by atoms with E-state index in [0.717, 1.165) is 31.5 Å². The van der Waals surface area contributed by atoms with E-state index in [4.69, 9.17) is 0 Å². The van der Waals surface area contributed by atoms with Crippen molar-refractivity contribution in [2.75, 3.05) is 13.1 Å². The van der Waals surface area contributed by atoms with Gasteiger partial charge in [-0.2, -0.15) is 0 Å². The zero-order valence-electron chi connectivity index (χ0n) is 14.7. The second-order valence-electron chi connectivity index (χ2n) is 7.24. The zero-order valence-corrected chi connectivity index (χ0v) is 14.7. The summed E-state index contributed by atoms with van der Waals surface area (Å²) in [6, 6.07) is 8.37. The molecule has 1 fully saturated rings. The highest BCUT2D eigenvalue weighted by Gasteiger charge is 2.47. The Morgan fingerprint density at radius 2 is 2.08 bits per heavy atom. The number of aromatic nitrogens is 2. The van der Waals surface area contributed by atoms with Gasteiger partial charge in [0, 0.05) is 37.3 Å². The summed E-state index contributed by atoms with van der Waals surface area (Å²) in [5, 5.41) is 10.7. The van der Waals surface area contributed by atoms with Gasteiger partial charge in [0.1, 0.15) is 12.4 Å². The highest BCUT2D eigenvalue weighted by atomic mass is 16.3. The van der Waals surface area contributed by atoms with Crippen LogP contribution in [0.5, 0.6) is 0 Å². The summed E-state index contributed by atoms with van der Waals surface area (Å²) in [5.41, 5.74) is 2.38. The molecule has 5 heteroatoms. The van der Waals surface area contributed by atoms with Crippen LogP contribution in [0.1, 0.15) is 36.7 Å². The molecule has 5 nitrogen and oxygen atoms in total. The minimum atomic E-state index is -0.331. The second kappa shape index (κ2) is 6.30. The van der Waals surface area contributed by atoms with Gasteiger partial charge in [0.25, 0.3) is 0 Å². The molecule has 0 saturated carbocycles. The van der Waals surface area contributed by atoms with Crippen molar-refractivity contribution in [2.45, 2.75) is 50.7 Å². The largest absolute Gasteiger partial charge is 0.392 e. The number of aliphatic hydroxyl groups excluding tert-OH is 1. The van der Waals surface area contributed by atoms with Crippen molar-refractivity contribution >= 4 is 5.91 Å². The number of nitrogens with zero attached hydrogens (tertiary/aromatic N) is 3. The lowest BCUT2D eigenvalue weighted by Gasteiger charge is -2.42. The predicted molar refractivity (Wildman–Crippen MR) is 95.2 cm³/mol. The SMILES string of the molecule is CCc1nccn1CC(=O)N1CCC2(CC1)c1ccccc1CC2O. The standard InChI is InChI=1S/C20H25N3O2/c1-2-18-21-9-12-23(18)14-19(25)22-10-7-20(8-11-22)16-6-4-3-5-15(16)13-17(20)24/h3-6,9,12,17,24H,2,7-8,10-11,13-14H2,1H3. The number of hydrogen-bond donors (Lipinski definition) is 1. The molecule has 4 rings (SSSR count). The molecule has 2 aliphatic rings. The Morgan fingerprint density at radius 3 is 2.84 bits per heavy atom. The lowest BCUT2D eigenvalue weighted by Crippen LogP contribution is -2.49. The van der Waals surface area contributed by atoms with Gasteiger partial charge >= 0.3 is 0 Å². The number of carbonyl (C=O) groups is 1. The van der Waals surface area contributed by atoms with Gasteiger partial charge in [-0.05, 0) is 30.4 Å². The van der Waals surface area contributed by atoms with E-state index in [1.807, 2.05) is 28.7 Å². The first-order valence-corrected chi connectivity index (χ1v) is 9.18. The number of piperidine rings is 1. The van der Waals surface area contributed by atoms with Crippen LogP contribution >= 0.6 is 0 Å². The van der Waals surface area contributed by atoms with Gasteiger partial charge in [0.05, 0.1) is 6.10 Å². The molecule has 1 aromatic heterocycles. The maximum Gasteiger partial charge on any atom is 0.242 e. The Labute approximate surface area is 148 Å². The van der Waals surface area contributed by atoms with Crippen molar-refractivity contribution in [3.05, 3.63) is 53.6 Å². The topological polar surface area (TPSA) is 58.4 Å². The third-order valence-corrected chi connectivity index (χ3v) is 6.04. The first kappa shape index (κ1) is 16.3. The molecule has 0 radical (unpaired) electrons.